The molecule has 3 aliphatic heterocycles. The lowest BCUT2D eigenvalue weighted by Gasteiger charge is -2.43. The van der Waals surface area contributed by atoms with E-state index < -0.39 is 42.3 Å². The van der Waals surface area contributed by atoms with E-state index in [0.29, 0.717) is 71.5 Å². The van der Waals surface area contributed by atoms with E-state index in [1.807, 2.05) is 40.2 Å². The summed E-state index contributed by atoms with van der Waals surface area (Å²) in [6.45, 7) is 7.22. The zero-order chi connectivity index (χ0) is 29.9. The lowest BCUT2D eigenvalue weighted by Crippen LogP contribution is -2.62. The average molecular weight is 589 g/mol. The molecule has 12 heteroatoms. The first-order valence-corrected chi connectivity index (χ1v) is 15.1. The molecule has 0 radical (unpaired) electrons. The van der Waals surface area contributed by atoms with Crippen LogP contribution in [0.3, 0.4) is 0 Å². The third kappa shape index (κ3) is 8.97. The minimum Gasteiger partial charge on any atom is -0.465 e. The molecule has 1 aromatic rings. The molecule has 12 nitrogen and oxygen atoms in total. The maximum Gasteiger partial charge on any atom is 0.333 e. The van der Waals surface area contributed by atoms with Crippen LogP contribution in [0.4, 0.5) is 0 Å². The van der Waals surface area contributed by atoms with Gasteiger partial charge in [-0.25, -0.2) is 9.80 Å². The van der Waals surface area contributed by atoms with E-state index in [1.165, 1.54) is 11.9 Å². The highest BCUT2D eigenvalue weighted by molar-refractivity contribution is 5.88. The van der Waals surface area contributed by atoms with Crippen molar-refractivity contribution >= 4 is 23.8 Å². The molecular weight excluding hydrogens is 544 g/mol. The Morgan fingerprint density at radius 2 is 1.74 bits per heavy atom. The molecule has 0 spiro atoms. The van der Waals surface area contributed by atoms with Gasteiger partial charge < -0.3 is 18.9 Å². The summed E-state index contributed by atoms with van der Waals surface area (Å²) in [5, 5.41) is 6.67. The van der Waals surface area contributed by atoms with Crippen molar-refractivity contribution in [3.8, 4) is 0 Å². The number of hydrazine groups is 1. The number of aryl methyl sites for hydroxylation is 1. The number of rotatable bonds is 12. The summed E-state index contributed by atoms with van der Waals surface area (Å²) < 4.78 is 21.5. The third-order valence-electron chi connectivity index (χ3n) is 7.77. The van der Waals surface area contributed by atoms with Gasteiger partial charge in [0.25, 0.3) is 5.91 Å². The number of amides is 1. The Morgan fingerprint density at radius 1 is 1.02 bits per heavy atom. The molecule has 232 valence electrons. The van der Waals surface area contributed by atoms with Crippen molar-refractivity contribution in [1.29, 1.82) is 0 Å². The van der Waals surface area contributed by atoms with Gasteiger partial charge in [0.1, 0.15) is 12.1 Å². The van der Waals surface area contributed by atoms with E-state index in [1.54, 1.807) is 6.92 Å². The first-order valence-electron chi connectivity index (χ1n) is 15.1. The van der Waals surface area contributed by atoms with E-state index >= 15 is 0 Å². The van der Waals surface area contributed by atoms with Crippen molar-refractivity contribution in [3.63, 3.8) is 0 Å². The molecule has 0 aromatic heterocycles. The van der Waals surface area contributed by atoms with E-state index in [2.05, 4.69) is 5.32 Å². The maximum atomic E-state index is 13.9. The standard InChI is InChI=1S/C30H44N4O8/c1-3-40-29(37)25(14-13-23-9-5-4-6-10-23)31-24-11-7-15-33-16-8-12-26(34(33)28(24)36)30(38)42-22(2)41-27(35)21-32-17-19-39-20-18-32/h4-6,9-10,22,24-26,31H,3,7-8,11-21H2,1-2H3/t22-,24-,25-,26?/m0/s1. The highest BCUT2D eigenvalue weighted by Crippen LogP contribution is 2.26. The van der Waals surface area contributed by atoms with Gasteiger partial charge in [-0.05, 0) is 51.0 Å². The van der Waals surface area contributed by atoms with Crippen LogP contribution in [-0.2, 0) is 44.5 Å². The minimum atomic E-state index is -1.09. The maximum absolute atomic E-state index is 13.9. The molecule has 0 saturated carbocycles. The quantitative estimate of drug-likeness (QED) is 0.280. The second-order valence-corrected chi connectivity index (χ2v) is 10.9. The van der Waals surface area contributed by atoms with Crippen molar-refractivity contribution in [2.45, 2.75) is 76.8 Å². The Hall–Kier alpha value is -3.06. The molecule has 4 atom stereocenters. The van der Waals surface area contributed by atoms with Gasteiger partial charge in [-0.2, -0.15) is 0 Å². The first-order chi connectivity index (χ1) is 20.4. The summed E-state index contributed by atoms with van der Waals surface area (Å²) in [5.74, 6) is -1.78. The van der Waals surface area contributed by atoms with Crippen LogP contribution in [0, 0.1) is 0 Å². The van der Waals surface area contributed by atoms with E-state index in [4.69, 9.17) is 18.9 Å². The van der Waals surface area contributed by atoms with Gasteiger partial charge in [0.15, 0.2) is 0 Å². The third-order valence-corrected chi connectivity index (χ3v) is 7.77. The molecule has 0 aliphatic carbocycles. The van der Waals surface area contributed by atoms with Crippen molar-refractivity contribution in [2.75, 3.05) is 52.5 Å². The first kappa shape index (κ1) is 31.9. The Bertz CT molecular complexity index is 1050. The van der Waals surface area contributed by atoms with Gasteiger partial charge in [-0.1, -0.05) is 30.3 Å². The van der Waals surface area contributed by atoms with Crippen molar-refractivity contribution in [2.24, 2.45) is 0 Å². The topological polar surface area (TPSA) is 127 Å². The number of esters is 3. The lowest BCUT2D eigenvalue weighted by atomic mass is 10.0. The summed E-state index contributed by atoms with van der Waals surface area (Å²) >= 11 is 0. The minimum absolute atomic E-state index is 0.0896. The predicted molar refractivity (Wildman–Crippen MR) is 152 cm³/mol. The molecule has 1 amide bonds. The lowest BCUT2D eigenvalue weighted by molar-refractivity contribution is -0.199. The number of hydrogen-bond donors (Lipinski definition) is 1. The van der Waals surface area contributed by atoms with Crippen molar-refractivity contribution in [3.05, 3.63) is 35.9 Å². The van der Waals surface area contributed by atoms with Crippen LogP contribution in [0.25, 0.3) is 0 Å². The van der Waals surface area contributed by atoms with Crippen LogP contribution in [0.2, 0.25) is 0 Å². The zero-order valence-electron chi connectivity index (χ0n) is 24.7. The Balaban J connectivity index is 1.38. The molecule has 3 fully saturated rings. The van der Waals surface area contributed by atoms with Gasteiger partial charge in [-0.15, -0.1) is 0 Å². The number of benzene rings is 1. The Kier molecular flexibility index (Phi) is 12.1. The fourth-order valence-electron chi connectivity index (χ4n) is 5.68. The smallest absolute Gasteiger partial charge is 0.333 e. The molecule has 1 N–H and O–H groups in total. The molecule has 3 aliphatic rings. The number of morpholine rings is 1. The molecule has 1 aromatic carbocycles. The van der Waals surface area contributed by atoms with Crippen LogP contribution in [0.1, 0.15) is 51.5 Å². The van der Waals surface area contributed by atoms with Gasteiger partial charge in [0, 0.05) is 33.1 Å². The SMILES string of the molecule is CCOC(=O)[C@H](CCc1ccccc1)N[C@H]1CCCN2CCCC(C(=O)O[C@@H](C)OC(=O)CN3CCOCC3)N2C1=O. The molecule has 1 unspecified atom stereocenters. The van der Waals surface area contributed by atoms with Gasteiger partial charge in [0.2, 0.25) is 6.29 Å². The molecule has 3 heterocycles. The van der Waals surface area contributed by atoms with E-state index in [0.717, 1.165) is 12.0 Å². The largest absolute Gasteiger partial charge is 0.465 e. The number of carbonyl (C=O) groups excluding carboxylic acids is 4. The van der Waals surface area contributed by atoms with Gasteiger partial charge >= 0.3 is 17.9 Å². The van der Waals surface area contributed by atoms with E-state index in [-0.39, 0.29) is 19.1 Å². The van der Waals surface area contributed by atoms with Crippen LogP contribution in [0.15, 0.2) is 30.3 Å². The number of carbonyl (C=O) groups is 4. The van der Waals surface area contributed by atoms with Crippen LogP contribution in [-0.4, -0.2) is 116 Å². The normalized spacial score (nSPS) is 23.3. The van der Waals surface area contributed by atoms with Crippen molar-refractivity contribution in [1.82, 2.24) is 20.2 Å². The average Bonchev–Trinajstić information content (AvgIpc) is 3.14. The zero-order valence-corrected chi connectivity index (χ0v) is 24.7. The fourth-order valence-corrected chi connectivity index (χ4v) is 5.68. The number of fused-ring (bicyclic) bond motifs is 1. The summed E-state index contributed by atoms with van der Waals surface area (Å²) in [6.07, 6.45) is 2.40. The summed E-state index contributed by atoms with van der Waals surface area (Å²) in [7, 11) is 0. The molecule has 3 saturated heterocycles. The second-order valence-electron chi connectivity index (χ2n) is 10.9. The number of nitrogens with one attached hydrogen (secondary N) is 1. The monoisotopic (exact) mass is 588 g/mol. The number of ether oxygens (including phenoxy) is 4. The summed E-state index contributed by atoms with van der Waals surface area (Å²) in [5.41, 5.74) is 1.09. The molecule has 0 bridgehead atoms. The summed E-state index contributed by atoms with van der Waals surface area (Å²) in [6, 6.07) is 7.66. The second kappa shape index (κ2) is 16.0. The number of nitrogens with zero attached hydrogens (tertiary/aromatic N) is 3. The summed E-state index contributed by atoms with van der Waals surface area (Å²) in [4.78, 5) is 54.4. The van der Waals surface area contributed by atoms with Crippen LogP contribution >= 0.6 is 0 Å². The highest BCUT2D eigenvalue weighted by Gasteiger charge is 2.43. The Labute approximate surface area is 247 Å². The van der Waals surface area contributed by atoms with E-state index in [9.17, 15) is 19.2 Å². The van der Waals surface area contributed by atoms with Crippen LogP contribution in [0.5, 0.6) is 0 Å². The molecular formula is C30H44N4O8. The Morgan fingerprint density at radius 3 is 2.45 bits per heavy atom. The molecule has 4 rings (SSSR count). The number of hydrogen-bond acceptors (Lipinski definition) is 11. The predicted octanol–water partition coefficient (Wildman–Crippen LogP) is 1.28. The molecule has 42 heavy (non-hydrogen) atoms. The highest BCUT2D eigenvalue weighted by atomic mass is 16.7. The van der Waals surface area contributed by atoms with Crippen LogP contribution < -0.4 is 5.32 Å². The fraction of sp³-hybridized carbons (Fsp3) is 0.667. The van der Waals surface area contributed by atoms with Gasteiger partial charge in [-0.3, -0.25) is 29.6 Å². The van der Waals surface area contributed by atoms with Crippen molar-refractivity contribution < 1.29 is 38.1 Å². The van der Waals surface area contributed by atoms with Gasteiger partial charge in [0.05, 0.1) is 32.4 Å².